The van der Waals surface area contributed by atoms with Crippen molar-refractivity contribution in [2.75, 3.05) is 20.2 Å². The molecular formula is C13H20ClNO2. The van der Waals surface area contributed by atoms with Gasteiger partial charge in [-0.15, -0.1) is 0 Å². The highest BCUT2D eigenvalue weighted by Crippen LogP contribution is 2.35. The van der Waals surface area contributed by atoms with Crippen LogP contribution in [0.2, 0.25) is 5.02 Å². The van der Waals surface area contributed by atoms with Crippen molar-refractivity contribution in [1.82, 2.24) is 5.32 Å². The van der Waals surface area contributed by atoms with Crippen LogP contribution in [0.25, 0.3) is 0 Å². The van der Waals surface area contributed by atoms with Crippen LogP contribution in [0.4, 0.5) is 0 Å². The molecule has 2 N–H and O–H groups in total. The number of hydrogen-bond acceptors (Lipinski definition) is 3. The minimum Gasteiger partial charge on any atom is -0.496 e. The number of aryl methyl sites for hydroxylation is 1. The molecule has 3 nitrogen and oxygen atoms in total. The van der Waals surface area contributed by atoms with Crippen molar-refractivity contribution in [3.8, 4) is 5.75 Å². The summed E-state index contributed by atoms with van der Waals surface area (Å²) in [4.78, 5) is 0. The predicted molar refractivity (Wildman–Crippen MR) is 71.0 cm³/mol. The highest BCUT2D eigenvalue weighted by molar-refractivity contribution is 6.32. The van der Waals surface area contributed by atoms with Crippen molar-refractivity contribution in [2.45, 2.75) is 26.9 Å². The number of benzene rings is 1. The number of halogens is 1. The van der Waals surface area contributed by atoms with Crippen LogP contribution in [-0.2, 0) is 0 Å². The highest BCUT2D eigenvalue weighted by Gasteiger charge is 2.19. The number of aliphatic hydroxyl groups excluding tert-OH is 1. The molecule has 1 atom stereocenters. The van der Waals surface area contributed by atoms with E-state index in [0.717, 1.165) is 23.2 Å². The van der Waals surface area contributed by atoms with Crippen LogP contribution in [0.15, 0.2) is 6.07 Å². The Morgan fingerprint density at radius 1 is 1.47 bits per heavy atom. The summed E-state index contributed by atoms with van der Waals surface area (Å²) in [5.74, 6) is 0.690. The summed E-state index contributed by atoms with van der Waals surface area (Å²) in [6, 6.07) is 1.86. The van der Waals surface area contributed by atoms with Crippen LogP contribution >= 0.6 is 11.6 Å². The second kappa shape index (κ2) is 6.24. The molecule has 0 amide bonds. The largest absolute Gasteiger partial charge is 0.496 e. The Hall–Kier alpha value is -0.770. The molecule has 0 aromatic heterocycles. The lowest BCUT2D eigenvalue weighted by Crippen LogP contribution is -2.22. The van der Waals surface area contributed by atoms with Crippen molar-refractivity contribution in [3.63, 3.8) is 0 Å². The van der Waals surface area contributed by atoms with Crippen molar-refractivity contribution < 1.29 is 9.84 Å². The lowest BCUT2D eigenvalue weighted by Gasteiger charge is -2.19. The maximum atomic E-state index is 10.2. The van der Waals surface area contributed by atoms with Gasteiger partial charge >= 0.3 is 0 Å². The zero-order valence-corrected chi connectivity index (χ0v) is 11.6. The van der Waals surface area contributed by atoms with Crippen LogP contribution in [0.3, 0.4) is 0 Å². The van der Waals surface area contributed by atoms with Gasteiger partial charge in [0.05, 0.1) is 13.2 Å². The van der Waals surface area contributed by atoms with Gasteiger partial charge in [-0.25, -0.2) is 0 Å². The molecule has 17 heavy (non-hydrogen) atoms. The van der Waals surface area contributed by atoms with E-state index in [9.17, 15) is 5.11 Å². The fourth-order valence-electron chi connectivity index (χ4n) is 1.90. The molecular weight excluding hydrogens is 238 g/mol. The number of ether oxygens (including phenoxy) is 1. The summed E-state index contributed by atoms with van der Waals surface area (Å²) in [5.41, 5.74) is 2.61. The van der Waals surface area contributed by atoms with Gasteiger partial charge in [0, 0.05) is 17.1 Å². The molecule has 1 rings (SSSR count). The van der Waals surface area contributed by atoms with Gasteiger partial charge in [0.25, 0.3) is 0 Å². The van der Waals surface area contributed by atoms with E-state index >= 15 is 0 Å². The third-order valence-electron chi connectivity index (χ3n) is 2.83. The number of hydrogen-bond donors (Lipinski definition) is 2. The van der Waals surface area contributed by atoms with Crippen LogP contribution in [0.1, 0.15) is 29.7 Å². The van der Waals surface area contributed by atoms with E-state index in [1.165, 1.54) is 0 Å². The molecule has 1 unspecified atom stereocenters. The van der Waals surface area contributed by atoms with E-state index in [1.54, 1.807) is 7.11 Å². The zero-order chi connectivity index (χ0) is 13.0. The third kappa shape index (κ3) is 3.12. The van der Waals surface area contributed by atoms with E-state index < -0.39 is 6.10 Å². The number of aliphatic hydroxyl groups is 1. The van der Waals surface area contributed by atoms with Crippen LogP contribution in [-0.4, -0.2) is 25.3 Å². The Balaban J connectivity index is 3.16. The maximum absolute atomic E-state index is 10.2. The lowest BCUT2D eigenvalue weighted by molar-refractivity contribution is 0.170. The van der Waals surface area contributed by atoms with Gasteiger partial charge in [-0.2, -0.15) is 0 Å². The molecule has 0 saturated carbocycles. The quantitative estimate of drug-likeness (QED) is 0.852. The average molecular weight is 258 g/mol. The number of rotatable bonds is 5. The molecule has 0 bridgehead atoms. The molecule has 4 heteroatoms. The van der Waals surface area contributed by atoms with Gasteiger partial charge in [0.1, 0.15) is 5.75 Å². The number of likely N-dealkylation sites (N-methyl/N-ethyl adjacent to an activating group) is 1. The van der Waals surface area contributed by atoms with Gasteiger partial charge < -0.3 is 15.2 Å². The molecule has 96 valence electrons. The monoisotopic (exact) mass is 257 g/mol. The first-order valence-electron chi connectivity index (χ1n) is 5.75. The normalized spacial score (nSPS) is 12.6. The van der Waals surface area contributed by atoms with Gasteiger partial charge in [-0.3, -0.25) is 0 Å². The Bertz CT molecular complexity index is 393. The van der Waals surface area contributed by atoms with Crippen LogP contribution in [0, 0.1) is 13.8 Å². The van der Waals surface area contributed by atoms with Gasteiger partial charge in [-0.1, -0.05) is 18.5 Å². The molecule has 1 aromatic rings. The lowest BCUT2D eigenvalue weighted by atomic mass is 9.99. The summed E-state index contributed by atoms with van der Waals surface area (Å²) in [6.07, 6.45) is -0.608. The van der Waals surface area contributed by atoms with Gasteiger partial charge in [0.2, 0.25) is 0 Å². The molecule has 0 saturated heterocycles. The molecule has 0 aliphatic carbocycles. The van der Waals surface area contributed by atoms with E-state index in [-0.39, 0.29) is 0 Å². The first-order chi connectivity index (χ1) is 8.02. The first-order valence-corrected chi connectivity index (χ1v) is 6.13. The summed E-state index contributed by atoms with van der Waals surface area (Å²) in [7, 11) is 1.60. The second-order valence-electron chi connectivity index (χ2n) is 4.07. The second-order valence-corrected chi connectivity index (χ2v) is 4.45. The maximum Gasteiger partial charge on any atom is 0.125 e. The third-order valence-corrected chi connectivity index (χ3v) is 3.41. The molecule has 0 fully saturated rings. The van der Waals surface area contributed by atoms with Crippen molar-refractivity contribution >= 4 is 11.6 Å². The average Bonchev–Trinajstić information content (AvgIpc) is 2.32. The summed E-state index contributed by atoms with van der Waals surface area (Å²) in [5, 5.41) is 14.0. The molecule has 0 aliphatic rings. The molecule has 1 aromatic carbocycles. The summed E-state index contributed by atoms with van der Waals surface area (Å²) < 4.78 is 5.32. The predicted octanol–water partition coefficient (Wildman–Crippen LogP) is 2.61. The Kier molecular flexibility index (Phi) is 5.25. The SMILES string of the molecule is CCNCC(O)c1c(OC)cc(C)c(Cl)c1C. The zero-order valence-electron chi connectivity index (χ0n) is 10.8. The van der Waals surface area contributed by atoms with Crippen molar-refractivity contribution in [3.05, 3.63) is 27.8 Å². The Morgan fingerprint density at radius 2 is 2.12 bits per heavy atom. The fourth-order valence-corrected chi connectivity index (χ4v) is 2.06. The minimum absolute atomic E-state index is 0.493. The van der Waals surface area contributed by atoms with Crippen LogP contribution < -0.4 is 10.1 Å². The standard InChI is InChI=1S/C13H20ClNO2/c1-5-15-7-10(16)12-9(3)13(14)8(2)6-11(12)17-4/h6,10,15-16H,5,7H2,1-4H3. The number of methoxy groups -OCH3 is 1. The summed E-state index contributed by atoms with van der Waals surface area (Å²) >= 11 is 6.20. The van der Waals surface area contributed by atoms with Gasteiger partial charge in [0.15, 0.2) is 0 Å². The Labute approximate surface area is 108 Å². The van der Waals surface area contributed by atoms with Gasteiger partial charge in [-0.05, 0) is 37.6 Å². The smallest absolute Gasteiger partial charge is 0.125 e. The van der Waals surface area contributed by atoms with E-state index in [4.69, 9.17) is 16.3 Å². The van der Waals surface area contributed by atoms with E-state index in [0.29, 0.717) is 17.3 Å². The summed E-state index contributed by atoms with van der Waals surface area (Å²) in [6.45, 7) is 7.14. The molecule has 0 aliphatic heterocycles. The van der Waals surface area contributed by atoms with Crippen LogP contribution in [0.5, 0.6) is 5.75 Å². The molecule has 0 spiro atoms. The van der Waals surface area contributed by atoms with Crippen molar-refractivity contribution in [1.29, 1.82) is 0 Å². The molecule has 0 radical (unpaired) electrons. The highest BCUT2D eigenvalue weighted by atomic mass is 35.5. The van der Waals surface area contributed by atoms with Crippen molar-refractivity contribution in [2.24, 2.45) is 0 Å². The fraction of sp³-hybridized carbons (Fsp3) is 0.538. The van der Waals surface area contributed by atoms with E-state index in [1.807, 2.05) is 26.8 Å². The minimum atomic E-state index is -0.608. The topological polar surface area (TPSA) is 41.5 Å². The van der Waals surface area contributed by atoms with E-state index in [2.05, 4.69) is 5.32 Å². The number of nitrogens with one attached hydrogen (secondary N) is 1. The first kappa shape index (κ1) is 14.3. The Morgan fingerprint density at radius 3 is 2.65 bits per heavy atom. The molecule has 0 heterocycles.